The summed E-state index contributed by atoms with van der Waals surface area (Å²) in [5, 5.41) is 52.0. The summed E-state index contributed by atoms with van der Waals surface area (Å²) in [5.74, 6) is -9.81. The van der Waals surface area contributed by atoms with E-state index >= 15 is 0 Å². The molecular weight excluding hydrogens is 1130 g/mol. The Labute approximate surface area is 498 Å². The quantitative estimate of drug-likeness (QED) is 0.0466. The monoisotopic (exact) mass is 1220 g/mol. The largest absolute Gasteiger partial charge is 0.391 e. The molecule has 0 bridgehead atoms. The zero-order valence-electron chi connectivity index (χ0n) is 48.3. The van der Waals surface area contributed by atoms with Crippen LogP contribution in [0.15, 0.2) is 54.6 Å². The maximum atomic E-state index is 14.5. The van der Waals surface area contributed by atoms with Crippen molar-refractivity contribution in [3.63, 3.8) is 0 Å². The summed E-state index contributed by atoms with van der Waals surface area (Å²) in [4.78, 5) is 154. The van der Waals surface area contributed by atoms with Crippen LogP contribution in [0.2, 0.25) is 5.02 Å². The van der Waals surface area contributed by atoms with Gasteiger partial charge in [-0.05, 0) is 115 Å². The van der Waals surface area contributed by atoms with Gasteiger partial charge >= 0.3 is 6.03 Å². The van der Waals surface area contributed by atoms with E-state index in [1.165, 1.54) is 26.0 Å². The first-order valence-corrected chi connectivity index (χ1v) is 28.5. The molecule has 1 saturated heterocycles. The van der Waals surface area contributed by atoms with Crippen LogP contribution in [-0.4, -0.2) is 187 Å². The average molecular weight is 1220 g/mol. The van der Waals surface area contributed by atoms with E-state index in [0.29, 0.717) is 5.56 Å². The van der Waals surface area contributed by atoms with Crippen LogP contribution in [0.25, 0.3) is 0 Å². The molecule has 0 radical (unpaired) electrons. The highest BCUT2D eigenvalue weighted by atomic mass is 35.5. The van der Waals surface area contributed by atoms with E-state index in [2.05, 4.69) is 63.8 Å². The van der Waals surface area contributed by atoms with Crippen molar-refractivity contribution in [1.82, 2.24) is 58.5 Å². The fourth-order valence-corrected chi connectivity index (χ4v) is 8.93. The van der Waals surface area contributed by atoms with Crippen molar-refractivity contribution in [2.24, 2.45) is 34.6 Å². The van der Waals surface area contributed by atoms with Gasteiger partial charge in [-0.2, -0.15) is 0 Å². The maximum absolute atomic E-state index is 14.5. The zero-order valence-corrected chi connectivity index (χ0v) is 49.0. The van der Waals surface area contributed by atoms with Crippen LogP contribution in [0.3, 0.4) is 0 Å². The van der Waals surface area contributed by atoms with Gasteiger partial charge in [0.25, 0.3) is 0 Å². The molecule has 31 heteroatoms. The fourth-order valence-electron chi connectivity index (χ4n) is 8.75. The molecule has 0 aromatic heterocycles. The lowest BCUT2D eigenvalue weighted by atomic mass is 10.00. The molecule has 472 valence electrons. The summed E-state index contributed by atoms with van der Waals surface area (Å²) >= 11 is 6.16. The highest BCUT2D eigenvalue weighted by Gasteiger charge is 2.37. The van der Waals surface area contributed by atoms with Crippen molar-refractivity contribution in [3.05, 3.63) is 65.2 Å². The number of hydrogen-bond donors (Lipinski definition) is 19. The first kappa shape index (κ1) is 71.7. The van der Waals surface area contributed by atoms with Gasteiger partial charge in [0.05, 0.1) is 22.9 Å². The molecule has 1 aliphatic heterocycles. The number of hydrogen-bond acceptors (Lipinski definition) is 18. The minimum absolute atomic E-state index is 0.0369. The van der Waals surface area contributed by atoms with Crippen molar-refractivity contribution in [1.29, 1.82) is 0 Å². The van der Waals surface area contributed by atoms with Gasteiger partial charge in [-0.1, -0.05) is 67.9 Å². The Morgan fingerprint density at radius 1 is 0.565 bits per heavy atom. The minimum atomic E-state index is -1.77. The number of amides is 12. The van der Waals surface area contributed by atoms with Crippen LogP contribution in [-0.2, 0) is 54.4 Å². The number of nitrogens with two attached hydrogens (primary N) is 5. The lowest BCUT2D eigenvalue weighted by molar-refractivity contribution is -0.136. The van der Waals surface area contributed by atoms with Crippen LogP contribution < -0.4 is 92.5 Å². The second-order valence-electron chi connectivity index (χ2n) is 20.8. The topological polar surface area (TPSA) is 503 Å². The predicted octanol–water partition coefficient (Wildman–Crippen LogP) is -5.49. The summed E-state index contributed by atoms with van der Waals surface area (Å²) in [6, 6.07) is -1.22. The highest BCUT2D eigenvalue weighted by molar-refractivity contribution is 6.33. The van der Waals surface area contributed by atoms with Crippen molar-refractivity contribution in [2.45, 2.75) is 152 Å². The number of aliphatic hydroxyl groups excluding tert-OH is 2. The van der Waals surface area contributed by atoms with Crippen molar-refractivity contribution < 1.29 is 63.0 Å². The number of para-hydroxylation sites is 1. The van der Waals surface area contributed by atoms with Gasteiger partial charge in [0.1, 0.15) is 60.4 Å². The normalized spacial score (nSPS) is 22.4. The molecule has 24 N–H and O–H groups in total. The molecule has 0 aliphatic carbocycles. The summed E-state index contributed by atoms with van der Waals surface area (Å²) in [7, 11) is 0. The van der Waals surface area contributed by atoms with E-state index in [1.54, 1.807) is 56.3 Å². The second-order valence-corrected chi connectivity index (χ2v) is 21.2. The van der Waals surface area contributed by atoms with E-state index in [4.69, 9.17) is 40.3 Å². The lowest BCUT2D eigenvalue weighted by Crippen LogP contribution is -2.62. The number of anilines is 1. The van der Waals surface area contributed by atoms with Gasteiger partial charge in [-0.15, -0.1) is 0 Å². The Hall–Kier alpha value is -7.58. The molecule has 1 fully saturated rings. The summed E-state index contributed by atoms with van der Waals surface area (Å²) in [6.07, 6.45) is -4.78. The first-order valence-electron chi connectivity index (χ1n) is 28.1. The molecule has 12 atom stereocenters. The molecule has 1 heterocycles. The van der Waals surface area contributed by atoms with Crippen LogP contribution in [0.5, 0.6) is 0 Å². The molecular formula is C54H86ClN17O13. The van der Waals surface area contributed by atoms with Gasteiger partial charge in [-0.25, -0.2) is 4.79 Å². The molecule has 85 heavy (non-hydrogen) atoms. The first-order chi connectivity index (χ1) is 40.4. The smallest absolute Gasteiger partial charge is 0.319 e. The van der Waals surface area contributed by atoms with E-state index in [9.17, 15) is 63.0 Å². The number of carbonyl (C=O) groups is 11. The molecule has 12 amide bonds. The molecule has 2 aromatic carbocycles. The van der Waals surface area contributed by atoms with E-state index in [1.807, 2.05) is 0 Å². The zero-order chi connectivity index (χ0) is 63.3. The van der Waals surface area contributed by atoms with Gasteiger partial charge in [-0.3, -0.25) is 47.9 Å². The third kappa shape index (κ3) is 24.1. The van der Waals surface area contributed by atoms with Crippen LogP contribution >= 0.6 is 11.6 Å². The number of halogens is 1. The van der Waals surface area contributed by atoms with Crippen LogP contribution in [0, 0.1) is 5.92 Å². The predicted molar refractivity (Wildman–Crippen MR) is 314 cm³/mol. The number of benzene rings is 2. The van der Waals surface area contributed by atoms with Gasteiger partial charge in [0.15, 0.2) is 0 Å². The Kier molecular flexibility index (Phi) is 31.2. The summed E-state index contributed by atoms with van der Waals surface area (Å²) in [5.41, 5.74) is 30.1. The third-order valence-corrected chi connectivity index (χ3v) is 13.6. The molecule has 5 unspecified atom stereocenters. The average Bonchev–Trinajstić information content (AvgIpc) is 3.57. The summed E-state index contributed by atoms with van der Waals surface area (Å²) in [6.45, 7) is 4.59. The van der Waals surface area contributed by atoms with E-state index in [-0.39, 0.29) is 94.3 Å². The van der Waals surface area contributed by atoms with Gasteiger partial charge in [0, 0.05) is 13.0 Å². The molecule has 0 saturated carbocycles. The number of aliphatic hydroxyl groups is 2. The van der Waals surface area contributed by atoms with Crippen LogP contribution in [0.4, 0.5) is 10.5 Å². The number of carbonyl (C=O) groups excluding carboxylic acids is 11. The standard InChI is InChI=1S/C54H86ClN17O13/c1-28(2)26-40-50(81)64-34(14-20-56)44(75)63-37(17-23-59)48(79)71-42(29(3)73)52(83)61-25-19-39(47(78)62-35(15-21-57)46(77)68-41(51(82)67-40)27-31-10-6-5-7-11-31)65-45(76)36(16-22-58)66-53(84)43(30(4)74)72-49(80)38(18-24-60)70-54(85)69-33-13-9-8-12-32(33)55/h5-13,28-30,34-43,73-74H,14-27,56-60H2,1-4H3,(H,61,83)(H,62,78)(H,63,75)(H,64,81)(H,65,76)(H,66,84)(H,67,82)(H,68,77)(H,71,79)(H,72,80)(H2,69,70,85)/t29?,30?,34?,35?,36-,37-,38-,39?,40-,41+,42-,43-/m0/s1. The van der Waals surface area contributed by atoms with Crippen molar-refractivity contribution >= 4 is 82.4 Å². The Morgan fingerprint density at radius 2 is 1.05 bits per heavy atom. The van der Waals surface area contributed by atoms with Gasteiger partial charge < -0.3 is 103 Å². The maximum Gasteiger partial charge on any atom is 0.319 e. The highest BCUT2D eigenvalue weighted by Crippen LogP contribution is 2.20. The van der Waals surface area contributed by atoms with E-state index < -0.39 is 151 Å². The second kappa shape index (κ2) is 37.0. The summed E-state index contributed by atoms with van der Waals surface area (Å²) < 4.78 is 0. The van der Waals surface area contributed by atoms with Gasteiger partial charge in [0.2, 0.25) is 59.1 Å². The van der Waals surface area contributed by atoms with Crippen molar-refractivity contribution in [3.8, 4) is 0 Å². The Morgan fingerprint density at radius 3 is 1.56 bits per heavy atom. The third-order valence-electron chi connectivity index (χ3n) is 13.3. The molecule has 3 rings (SSSR count). The number of rotatable bonds is 24. The Balaban J connectivity index is 2.08. The lowest BCUT2D eigenvalue weighted by Gasteiger charge is -2.29. The molecule has 2 aromatic rings. The number of nitrogens with one attached hydrogen (secondary N) is 12. The minimum Gasteiger partial charge on any atom is -0.391 e. The Bertz CT molecular complexity index is 2570. The SMILES string of the molecule is CC(C)C[C@@H]1NC(=O)[C@@H](Cc2ccccc2)NC(=O)C(CCN)NC(=O)C(NC(=O)[C@H](CCN)NC(=O)[C@@H](NC(=O)[C@H](CCN)NC(=O)Nc2ccccc2Cl)C(C)O)CCNC(=O)[C@H](C(C)O)NC(=O)[C@H](CCN)NC(=O)C(CCN)NC1=O. The molecule has 0 spiro atoms. The van der Waals surface area contributed by atoms with E-state index in [0.717, 1.165) is 0 Å². The molecule has 30 nitrogen and oxygen atoms in total. The van der Waals surface area contributed by atoms with Crippen LogP contribution in [0.1, 0.15) is 78.2 Å². The fraction of sp³-hybridized carbons (Fsp3) is 0.574. The van der Waals surface area contributed by atoms with Crippen molar-refractivity contribution in [2.75, 3.05) is 44.6 Å². The number of urea groups is 1. The molecule has 1 aliphatic rings.